The molecule has 0 aliphatic heterocycles. The molecule has 8 rings (SSSR count). The van der Waals surface area contributed by atoms with Gasteiger partial charge < -0.3 is 8.83 Å². The number of thiophene rings is 2. The van der Waals surface area contributed by atoms with Crippen molar-refractivity contribution in [3.05, 3.63) is 85.4 Å². The van der Waals surface area contributed by atoms with Gasteiger partial charge in [0, 0.05) is 22.0 Å². The van der Waals surface area contributed by atoms with Gasteiger partial charge in [-0.2, -0.15) is 31.8 Å². The summed E-state index contributed by atoms with van der Waals surface area (Å²) < 4.78 is 93.7. The van der Waals surface area contributed by atoms with Crippen LogP contribution in [-0.4, -0.2) is 38.7 Å². The number of alkyl halides is 3. The highest BCUT2D eigenvalue weighted by atomic mass is 35.5. The van der Waals surface area contributed by atoms with E-state index in [4.69, 9.17) is 60.3 Å². The molecule has 6 heterocycles. The van der Waals surface area contributed by atoms with E-state index in [1.54, 1.807) is 46.5 Å². The van der Waals surface area contributed by atoms with E-state index < -0.39 is 22.2 Å². The number of benzene rings is 2. The summed E-state index contributed by atoms with van der Waals surface area (Å²) in [6, 6.07) is 12.5. The molecule has 0 spiro atoms. The summed E-state index contributed by atoms with van der Waals surface area (Å²) in [5, 5.41) is 12.4. The molecule has 0 aliphatic rings. The predicted octanol–water partition coefficient (Wildman–Crippen LogP) is 13.2. The molecule has 0 saturated carbocycles. The van der Waals surface area contributed by atoms with Crippen LogP contribution in [0.2, 0.25) is 20.1 Å². The summed E-state index contributed by atoms with van der Waals surface area (Å²) >= 11 is 27.5. The second-order valence-corrected chi connectivity index (χ2v) is 18.1. The van der Waals surface area contributed by atoms with Crippen LogP contribution in [0.3, 0.4) is 0 Å². The van der Waals surface area contributed by atoms with E-state index in [2.05, 4.69) is 5.10 Å². The van der Waals surface area contributed by atoms with E-state index in [-0.39, 0.29) is 44.9 Å². The summed E-state index contributed by atoms with van der Waals surface area (Å²) in [5.41, 5.74) is 3.29. The van der Waals surface area contributed by atoms with E-state index in [1.807, 2.05) is 6.92 Å². The number of aromatic nitrogens is 4. The molecule has 2 unspecified atom stereocenters. The molecule has 0 radical (unpaired) electrons. The Morgan fingerprint density at radius 3 is 1.98 bits per heavy atom. The maximum absolute atomic E-state index is 14.8. The lowest BCUT2D eigenvalue weighted by atomic mass is 9.94. The fourth-order valence-electron chi connectivity index (χ4n) is 6.71. The maximum atomic E-state index is 14.8. The lowest BCUT2D eigenvalue weighted by molar-refractivity contribution is -0.153. The number of nitrogens with zero attached hydrogens (tertiary/aromatic N) is 4. The van der Waals surface area contributed by atoms with Crippen LogP contribution >= 0.6 is 69.1 Å². The molecule has 2 atom stereocenters. The number of unbranched alkanes of at least 4 members (excludes halogenated alkanes) is 2. The minimum Gasteiger partial charge on any atom is -0.451 e. The number of hydrogen-bond donors (Lipinski definition) is 1. The molecule has 1 N–H and O–H groups in total. The topological polar surface area (TPSA) is 116 Å². The Bertz CT molecular complexity index is 2840. The van der Waals surface area contributed by atoms with Crippen molar-refractivity contribution in [3.8, 4) is 11.4 Å². The zero-order valence-corrected chi connectivity index (χ0v) is 33.1. The number of halogens is 7. The number of rotatable bonds is 11. The third-order valence-electron chi connectivity index (χ3n) is 9.25. The van der Waals surface area contributed by atoms with Crippen LogP contribution in [0.1, 0.15) is 62.3 Å². The fraction of sp³-hybridized carbons (Fsp3) is 0.257. The van der Waals surface area contributed by atoms with Crippen LogP contribution < -0.4 is 0 Å². The second-order valence-electron chi connectivity index (χ2n) is 12.8. The molecule has 0 fully saturated rings. The quantitative estimate of drug-likeness (QED) is 0.102. The van der Waals surface area contributed by atoms with Gasteiger partial charge in [-0.3, -0.25) is 4.55 Å². The van der Waals surface area contributed by atoms with Crippen molar-refractivity contribution in [2.24, 2.45) is 0 Å². The Labute approximate surface area is 332 Å². The first-order chi connectivity index (χ1) is 25.6. The largest absolute Gasteiger partial charge is 0.451 e. The van der Waals surface area contributed by atoms with Gasteiger partial charge in [0.15, 0.2) is 15.4 Å². The minimum absolute atomic E-state index is 0.0706. The summed E-state index contributed by atoms with van der Waals surface area (Å²) in [7, 11) is -4.49. The summed E-state index contributed by atoms with van der Waals surface area (Å²) in [4.78, 5) is 0. The lowest BCUT2D eigenvalue weighted by Gasteiger charge is -2.18. The summed E-state index contributed by atoms with van der Waals surface area (Å²) in [6.45, 7) is 1.93. The standard InChI is InChI=1S/C35H25Cl4F3N4O5S3/c1-16(27-31-30(34-25(51-31)15-26(53-34)54(47,48)49)46(43-27)23-10-8-18(37)14-21(23)39)5-3-2-4-6-19(35(40,41)42)28-32-29(33-24(50-32)11-12-52-33)45(44-28)22-9-7-17(36)13-20(22)38/h7-16,19H,2-6H2,1H3,(H,47,48,49). The molecule has 0 saturated heterocycles. The molecule has 0 aliphatic carbocycles. The monoisotopic (exact) mass is 874 g/mol. The van der Waals surface area contributed by atoms with Crippen molar-refractivity contribution in [3.63, 3.8) is 0 Å². The normalized spacial score (nSPS) is 14.0. The second kappa shape index (κ2) is 14.0. The van der Waals surface area contributed by atoms with Gasteiger partial charge in [0.05, 0.1) is 26.1 Å². The molecule has 6 aromatic heterocycles. The molecule has 8 aromatic rings. The van der Waals surface area contributed by atoms with Crippen LogP contribution in [0.15, 0.2) is 67.0 Å². The van der Waals surface area contributed by atoms with Crippen molar-refractivity contribution < 1.29 is 35.0 Å². The summed E-state index contributed by atoms with van der Waals surface area (Å²) in [5.74, 6) is -2.11. The van der Waals surface area contributed by atoms with Gasteiger partial charge >= 0.3 is 16.3 Å². The zero-order chi connectivity index (χ0) is 38.3. The van der Waals surface area contributed by atoms with Crippen molar-refractivity contribution in [1.29, 1.82) is 0 Å². The Balaban J connectivity index is 1.04. The van der Waals surface area contributed by atoms with Crippen LogP contribution in [0.25, 0.3) is 54.1 Å². The highest BCUT2D eigenvalue weighted by molar-refractivity contribution is 7.88. The molecule has 0 bridgehead atoms. The van der Waals surface area contributed by atoms with Gasteiger partial charge in [-0.25, -0.2) is 9.36 Å². The van der Waals surface area contributed by atoms with Gasteiger partial charge in [0.2, 0.25) is 0 Å². The zero-order valence-electron chi connectivity index (χ0n) is 27.6. The number of furan rings is 2. The van der Waals surface area contributed by atoms with Crippen molar-refractivity contribution in [2.75, 3.05) is 0 Å². The van der Waals surface area contributed by atoms with E-state index in [0.717, 1.165) is 11.3 Å². The Morgan fingerprint density at radius 2 is 1.37 bits per heavy atom. The van der Waals surface area contributed by atoms with Gasteiger partial charge in [-0.15, -0.1) is 22.7 Å². The average Bonchev–Trinajstić information content (AvgIpc) is 3.91. The van der Waals surface area contributed by atoms with Crippen LogP contribution in [-0.2, 0) is 10.1 Å². The Hall–Kier alpha value is -3.28. The van der Waals surface area contributed by atoms with Gasteiger partial charge in [0.1, 0.15) is 44.2 Å². The Morgan fingerprint density at radius 1 is 0.796 bits per heavy atom. The van der Waals surface area contributed by atoms with Crippen molar-refractivity contribution in [2.45, 2.75) is 61.2 Å². The average molecular weight is 877 g/mol. The first kappa shape index (κ1) is 37.6. The first-order valence-electron chi connectivity index (χ1n) is 16.4. The Kier molecular flexibility index (Phi) is 9.78. The van der Waals surface area contributed by atoms with Gasteiger partial charge in [-0.1, -0.05) is 72.6 Å². The minimum atomic E-state index is -4.61. The number of hydrogen-bond acceptors (Lipinski definition) is 8. The first-order valence-corrected chi connectivity index (χ1v) is 21.0. The molecule has 9 nitrogen and oxygen atoms in total. The molecule has 54 heavy (non-hydrogen) atoms. The third-order valence-corrected chi connectivity index (χ3v) is 13.6. The highest BCUT2D eigenvalue weighted by Gasteiger charge is 2.44. The van der Waals surface area contributed by atoms with Crippen molar-refractivity contribution in [1.82, 2.24) is 19.6 Å². The summed E-state index contributed by atoms with van der Waals surface area (Å²) in [6.07, 6.45) is -2.96. The molecular weight excluding hydrogens is 851 g/mol. The molecule has 0 amide bonds. The van der Waals surface area contributed by atoms with E-state index >= 15 is 0 Å². The van der Waals surface area contributed by atoms with Crippen LogP contribution in [0, 0.1) is 0 Å². The van der Waals surface area contributed by atoms with Gasteiger partial charge in [0.25, 0.3) is 0 Å². The molecule has 2 aromatic carbocycles. The predicted molar refractivity (Wildman–Crippen MR) is 208 cm³/mol. The van der Waals surface area contributed by atoms with E-state index in [1.165, 1.54) is 28.2 Å². The SMILES string of the molecule is CC(CCCCCC(c1nn(-c2ccc(Cl)cc2Cl)c2c1oc1ccsc12)C(F)(F)F)c1nn(-c2ccc(Cl)cc2Cl)c2c1oc1cc(S(=O)(=O)O)sc12. The lowest BCUT2D eigenvalue weighted by Crippen LogP contribution is -2.22. The fourth-order valence-corrected chi connectivity index (χ4v) is 10.3. The van der Waals surface area contributed by atoms with Gasteiger partial charge in [-0.05, 0) is 60.7 Å². The van der Waals surface area contributed by atoms with E-state index in [9.17, 15) is 26.1 Å². The third kappa shape index (κ3) is 6.70. The maximum Gasteiger partial charge on any atom is 0.397 e. The van der Waals surface area contributed by atoms with E-state index in [0.29, 0.717) is 83.0 Å². The highest BCUT2D eigenvalue weighted by Crippen LogP contribution is 2.46. The van der Waals surface area contributed by atoms with Crippen LogP contribution in [0.5, 0.6) is 0 Å². The molecule has 19 heteroatoms. The van der Waals surface area contributed by atoms with Crippen molar-refractivity contribution >= 4 is 122 Å². The smallest absolute Gasteiger partial charge is 0.397 e. The number of fused-ring (bicyclic) bond motifs is 6. The van der Waals surface area contributed by atoms with Crippen LogP contribution in [0.4, 0.5) is 13.2 Å². The molecular formula is C35H25Cl4F3N4O5S3. The molecule has 282 valence electrons.